The third-order valence-corrected chi connectivity index (χ3v) is 3.75. The van der Waals surface area contributed by atoms with E-state index in [4.69, 9.17) is 0 Å². The monoisotopic (exact) mass is 287 g/mol. The van der Waals surface area contributed by atoms with E-state index >= 15 is 0 Å². The number of aromatic nitrogens is 4. The molecule has 114 valence electrons. The maximum Gasteiger partial charge on any atom is 0.250 e. The third-order valence-electron chi connectivity index (χ3n) is 3.75. The zero-order valence-electron chi connectivity index (χ0n) is 13.9. The Morgan fingerprint density at radius 1 is 1.19 bits per heavy atom. The Morgan fingerprint density at radius 3 is 2.43 bits per heavy atom. The van der Waals surface area contributed by atoms with E-state index in [0.29, 0.717) is 12.0 Å². The minimum Gasteiger partial charge on any atom is -0.310 e. The Balaban J connectivity index is 2.32. The Morgan fingerprint density at radius 2 is 1.90 bits per heavy atom. The van der Waals surface area contributed by atoms with Crippen molar-refractivity contribution >= 4 is 0 Å². The lowest BCUT2D eigenvalue weighted by molar-refractivity contribution is 0.584. The summed E-state index contributed by atoms with van der Waals surface area (Å²) in [6, 6.07) is 0.451. The van der Waals surface area contributed by atoms with Crippen LogP contribution in [-0.4, -0.2) is 25.8 Å². The van der Waals surface area contributed by atoms with Crippen LogP contribution in [0.4, 0.5) is 0 Å². The topological polar surface area (TPSA) is 55.6 Å². The maximum absolute atomic E-state index is 4.62. The van der Waals surface area contributed by atoms with Crippen molar-refractivity contribution in [3.05, 3.63) is 34.4 Å². The number of aryl methyl sites for hydroxylation is 2. The Labute approximate surface area is 126 Å². The van der Waals surface area contributed by atoms with Crippen LogP contribution in [-0.2, 0) is 13.0 Å². The van der Waals surface area contributed by atoms with Gasteiger partial charge in [0.15, 0.2) is 0 Å². The van der Waals surface area contributed by atoms with Crippen LogP contribution < -0.4 is 5.32 Å². The number of nitrogens with one attached hydrogen (secondary N) is 1. The number of hydrogen-bond acceptors (Lipinski definition) is 4. The molecule has 0 saturated carbocycles. The van der Waals surface area contributed by atoms with E-state index in [9.17, 15) is 0 Å². The van der Waals surface area contributed by atoms with Crippen molar-refractivity contribution in [3.63, 3.8) is 0 Å². The van der Waals surface area contributed by atoms with Crippen molar-refractivity contribution in [2.75, 3.05) is 0 Å². The van der Waals surface area contributed by atoms with Crippen LogP contribution in [0.15, 0.2) is 6.20 Å². The van der Waals surface area contributed by atoms with E-state index in [2.05, 4.69) is 48.1 Å². The fraction of sp³-hybridized carbons (Fsp3) is 0.562. The summed E-state index contributed by atoms with van der Waals surface area (Å²) in [5, 5.41) is 7.97. The minimum absolute atomic E-state index is 0.451. The fourth-order valence-electron chi connectivity index (χ4n) is 2.45. The molecule has 0 spiro atoms. The molecule has 0 amide bonds. The second-order valence-corrected chi connectivity index (χ2v) is 5.73. The van der Waals surface area contributed by atoms with Crippen molar-refractivity contribution in [1.82, 2.24) is 25.1 Å². The standard InChI is InChI=1S/C16H25N5/c1-7-15-12(5)20-21(13(15)6)16-18-9-14(11(4)19-16)8-17-10(2)3/h9-10,17H,7-8H2,1-6H3. The smallest absolute Gasteiger partial charge is 0.250 e. The molecule has 2 heterocycles. The molecule has 0 fully saturated rings. The summed E-state index contributed by atoms with van der Waals surface area (Å²) in [5.41, 5.74) is 5.59. The van der Waals surface area contributed by atoms with Crippen molar-refractivity contribution < 1.29 is 0 Å². The lowest BCUT2D eigenvalue weighted by Gasteiger charge is -2.11. The maximum atomic E-state index is 4.62. The van der Waals surface area contributed by atoms with E-state index in [1.807, 2.05) is 24.7 Å². The second-order valence-electron chi connectivity index (χ2n) is 5.73. The summed E-state index contributed by atoms with van der Waals surface area (Å²) in [5.74, 6) is 0.654. The molecule has 0 radical (unpaired) electrons. The zero-order chi connectivity index (χ0) is 15.6. The number of rotatable bonds is 5. The molecule has 2 aromatic rings. The van der Waals surface area contributed by atoms with Crippen LogP contribution in [0, 0.1) is 20.8 Å². The first-order valence-corrected chi connectivity index (χ1v) is 7.55. The summed E-state index contributed by atoms with van der Waals surface area (Å²) in [6.45, 7) is 13.3. The van der Waals surface area contributed by atoms with Gasteiger partial charge in [-0.2, -0.15) is 5.10 Å². The Kier molecular flexibility index (Phi) is 4.73. The van der Waals surface area contributed by atoms with Crippen LogP contribution in [0.1, 0.15) is 49.0 Å². The molecule has 21 heavy (non-hydrogen) atoms. The summed E-state index contributed by atoms with van der Waals surface area (Å²) in [4.78, 5) is 9.11. The average molecular weight is 287 g/mol. The highest BCUT2D eigenvalue weighted by Crippen LogP contribution is 2.17. The first-order chi connectivity index (χ1) is 9.93. The van der Waals surface area contributed by atoms with Gasteiger partial charge in [-0.05, 0) is 32.8 Å². The normalized spacial score (nSPS) is 11.4. The zero-order valence-corrected chi connectivity index (χ0v) is 13.9. The van der Waals surface area contributed by atoms with Gasteiger partial charge in [0.25, 0.3) is 5.95 Å². The third kappa shape index (κ3) is 3.29. The summed E-state index contributed by atoms with van der Waals surface area (Å²) >= 11 is 0. The molecular weight excluding hydrogens is 262 g/mol. The molecule has 0 aliphatic heterocycles. The van der Waals surface area contributed by atoms with Crippen LogP contribution in [0.25, 0.3) is 5.95 Å². The number of nitrogens with zero attached hydrogens (tertiary/aromatic N) is 4. The van der Waals surface area contributed by atoms with Gasteiger partial charge < -0.3 is 5.32 Å². The summed E-state index contributed by atoms with van der Waals surface area (Å²) in [6.07, 6.45) is 2.88. The van der Waals surface area contributed by atoms with Gasteiger partial charge in [0.1, 0.15) is 0 Å². The lowest BCUT2D eigenvalue weighted by Crippen LogP contribution is -2.23. The van der Waals surface area contributed by atoms with Gasteiger partial charge in [0.2, 0.25) is 0 Å². The first-order valence-electron chi connectivity index (χ1n) is 7.55. The quantitative estimate of drug-likeness (QED) is 0.918. The van der Waals surface area contributed by atoms with Gasteiger partial charge in [0, 0.05) is 35.7 Å². The molecule has 2 aromatic heterocycles. The van der Waals surface area contributed by atoms with E-state index in [1.165, 1.54) is 5.56 Å². The molecule has 0 aliphatic rings. The summed E-state index contributed by atoms with van der Waals surface area (Å²) < 4.78 is 1.85. The lowest BCUT2D eigenvalue weighted by atomic mass is 10.1. The van der Waals surface area contributed by atoms with Gasteiger partial charge in [-0.1, -0.05) is 20.8 Å². The van der Waals surface area contributed by atoms with E-state index in [-0.39, 0.29) is 0 Å². The van der Waals surface area contributed by atoms with Crippen molar-refractivity contribution in [1.29, 1.82) is 0 Å². The average Bonchev–Trinajstić information content (AvgIpc) is 2.72. The van der Waals surface area contributed by atoms with Crippen LogP contribution in [0.2, 0.25) is 0 Å². The SMILES string of the molecule is CCc1c(C)nn(-c2ncc(CNC(C)C)c(C)n2)c1C. The molecule has 0 bridgehead atoms. The molecule has 5 heteroatoms. The Bertz CT molecular complexity index is 628. The molecule has 0 unspecified atom stereocenters. The van der Waals surface area contributed by atoms with Crippen LogP contribution >= 0.6 is 0 Å². The van der Waals surface area contributed by atoms with Gasteiger partial charge >= 0.3 is 0 Å². The van der Waals surface area contributed by atoms with Crippen molar-refractivity contribution in [2.45, 2.75) is 60.5 Å². The van der Waals surface area contributed by atoms with Gasteiger partial charge in [0.05, 0.1) is 5.69 Å². The Hall–Kier alpha value is -1.75. The highest BCUT2D eigenvalue weighted by Gasteiger charge is 2.14. The molecule has 1 N–H and O–H groups in total. The van der Waals surface area contributed by atoms with E-state index in [1.54, 1.807) is 0 Å². The molecule has 2 rings (SSSR count). The van der Waals surface area contributed by atoms with Gasteiger partial charge in [-0.15, -0.1) is 0 Å². The molecule has 5 nitrogen and oxygen atoms in total. The van der Waals surface area contributed by atoms with E-state index < -0.39 is 0 Å². The molecular formula is C16H25N5. The highest BCUT2D eigenvalue weighted by molar-refractivity contribution is 5.30. The van der Waals surface area contributed by atoms with Crippen LogP contribution in [0.5, 0.6) is 0 Å². The van der Waals surface area contributed by atoms with E-state index in [0.717, 1.165) is 35.6 Å². The van der Waals surface area contributed by atoms with Gasteiger partial charge in [-0.3, -0.25) is 0 Å². The predicted molar refractivity (Wildman–Crippen MR) is 84.7 cm³/mol. The minimum atomic E-state index is 0.451. The number of hydrogen-bond donors (Lipinski definition) is 1. The molecule has 0 atom stereocenters. The molecule has 0 saturated heterocycles. The summed E-state index contributed by atoms with van der Waals surface area (Å²) in [7, 11) is 0. The van der Waals surface area contributed by atoms with Gasteiger partial charge in [-0.25, -0.2) is 14.6 Å². The van der Waals surface area contributed by atoms with Crippen molar-refractivity contribution in [2.24, 2.45) is 0 Å². The van der Waals surface area contributed by atoms with Crippen molar-refractivity contribution in [3.8, 4) is 5.95 Å². The highest BCUT2D eigenvalue weighted by atomic mass is 15.4. The van der Waals surface area contributed by atoms with Crippen LogP contribution in [0.3, 0.4) is 0 Å². The molecule has 0 aliphatic carbocycles. The fourth-order valence-corrected chi connectivity index (χ4v) is 2.45. The molecule has 0 aromatic carbocycles. The largest absolute Gasteiger partial charge is 0.310 e. The second kappa shape index (κ2) is 6.35. The first kappa shape index (κ1) is 15.6. The predicted octanol–water partition coefficient (Wildman–Crippen LogP) is 2.65.